The zero-order valence-corrected chi connectivity index (χ0v) is 29.6. The van der Waals surface area contributed by atoms with Crippen LogP contribution in [0.15, 0.2) is 121 Å². The van der Waals surface area contributed by atoms with E-state index in [1.54, 1.807) is 48.5 Å². The number of nitrogens with zero attached hydrogens (tertiary/aromatic N) is 2. The molecule has 274 valence electrons. The summed E-state index contributed by atoms with van der Waals surface area (Å²) in [7, 11) is 0. The van der Waals surface area contributed by atoms with Crippen molar-refractivity contribution >= 4 is 63.3 Å². The molecular formula is C43H31ClFN3O7. The first-order valence-corrected chi connectivity index (χ1v) is 18.2. The fourth-order valence-electron chi connectivity index (χ4n) is 9.59. The first kappa shape index (κ1) is 34.4. The van der Waals surface area contributed by atoms with Crippen molar-refractivity contribution in [2.45, 2.75) is 24.2 Å². The van der Waals surface area contributed by atoms with Crippen LogP contribution >= 0.6 is 11.6 Å². The van der Waals surface area contributed by atoms with Gasteiger partial charge < -0.3 is 10.2 Å². The molecule has 12 heteroatoms. The van der Waals surface area contributed by atoms with Crippen molar-refractivity contribution in [3.63, 3.8) is 0 Å². The number of nitrogens with one attached hydrogen (secondary N) is 1. The van der Waals surface area contributed by atoms with Gasteiger partial charge in [0.15, 0.2) is 0 Å². The van der Waals surface area contributed by atoms with E-state index in [1.165, 1.54) is 48.5 Å². The Hall–Kier alpha value is -6.33. The number of carboxylic acid groups (broad SMARTS) is 1. The second kappa shape index (κ2) is 12.6. The summed E-state index contributed by atoms with van der Waals surface area (Å²) < 4.78 is 13.9. The Labute approximate surface area is 318 Å². The van der Waals surface area contributed by atoms with Gasteiger partial charge in [0, 0.05) is 16.3 Å². The molecule has 2 saturated heterocycles. The largest absolute Gasteiger partial charge is 0.507 e. The first-order chi connectivity index (χ1) is 26.5. The van der Waals surface area contributed by atoms with E-state index >= 15 is 4.79 Å². The smallest absolute Gasteiger partial charge is 0.335 e. The van der Waals surface area contributed by atoms with E-state index in [1.807, 2.05) is 18.2 Å². The molecule has 55 heavy (non-hydrogen) atoms. The van der Waals surface area contributed by atoms with Crippen LogP contribution in [0.3, 0.4) is 0 Å². The molecule has 0 aromatic heterocycles. The molecule has 4 aliphatic rings. The van der Waals surface area contributed by atoms with Gasteiger partial charge in [-0.25, -0.2) is 9.18 Å². The van der Waals surface area contributed by atoms with E-state index in [-0.39, 0.29) is 29.8 Å². The van der Waals surface area contributed by atoms with E-state index in [9.17, 15) is 33.8 Å². The first-order valence-electron chi connectivity index (χ1n) is 17.8. The van der Waals surface area contributed by atoms with Gasteiger partial charge in [-0.3, -0.25) is 29.5 Å². The molecule has 0 spiro atoms. The maximum atomic E-state index is 15.4. The molecule has 6 atom stereocenters. The summed E-state index contributed by atoms with van der Waals surface area (Å²) in [4.78, 5) is 72.0. The number of phenols is 1. The molecule has 3 N–H and O–H groups in total. The molecule has 5 aromatic carbocycles. The molecule has 1 saturated carbocycles. The van der Waals surface area contributed by atoms with Crippen LogP contribution in [-0.4, -0.2) is 44.8 Å². The van der Waals surface area contributed by atoms with Gasteiger partial charge in [0.05, 0.1) is 40.1 Å². The normalized spacial score (nSPS) is 25.8. The Kier molecular flexibility index (Phi) is 7.91. The number of carbonyl (C=O) groups excluding carboxylic acids is 4. The van der Waals surface area contributed by atoms with Gasteiger partial charge in [0.2, 0.25) is 11.8 Å². The Morgan fingerprint density at radius 2 is 1.55 bits per heavy atom. The number of imide groups is 2. The highest BCUT2D eigenvalue weighted by molar-refractivity contribution is 6.30. The minimum Gasteiger partial charge on any atom is -0.507 e. The monoisotopic (exact) mass is 755 g/mol. The van der Waals surface area contributed by atoms with Crippen LogP contribution in [-0.2, 0) is 24.6 Å². The molecular weight excluding hydrogens is 725 g/mol. The van der Waals surface area contributed by atoms with Crippen molar-refractivity contribution in [1.29, 1.82) is 0 Å². The molecule has 2 aliphatic heterocycles. The Balaban J connectivity index is 1.27. The number of rotatable bonds is 6. The summed E-state index contributed by atoms with van der Waals surface area (Å²) >= 11 is 6.40. The lowest BCUT2D eigenvalue weighted by molar-refractivity contribution is -0.138. The van der Waals surface area contributed by atoms with Crippen LogP contribution in [0.1, 0.15) is 40.2 Å². The molecule has 3 fully saturated rings. The summed E-state index contributed by atoms with van der Waals surface area (Å²) in [6.07, 6.45) is 2.10. The third-order valence-corrected chi connectivity index (χ3v) is 12.1. The van der Waals surface area contributed by atoms with Crippen molar-refractivity contribution in [2.75, 3.05) is 10.3 Å². The molecule has 10 nitrogen and oxygen atoms in total. The average Bonchev–Trinajstić information content (AvgIpc) is 3.57. The highest BCUT2D eigenvalue weighted by Gasteiger charge is 2.70. The van der Waals surface area contributed by atoms with Gasteiger partial charge >= 0.3 is 5.97 Å². The molecule has 0 bridgehead atoms. The van der Waals surface area contributed by atoms with Crippen LogP contribution in [0.2, 0.25) is 5.02 Å². The van der Waals surface area contributed by atoms with Crippen molar-refractivity contribution in [1.82, 2.24) is 5.01 Å². The van der Waals surface area contributed by atoms with Gasteiger partial charge in [-0.05, 0) is 95.9 Å². The number of halogens is 2. The highest BCUT2D eigenvalue weighted by Crippen LogP contribution is 2.65. The van der Waals surface area contributed by atoms with Crippen LogP contribution in [0.5, 0.6) is 5.75 Å². The summed E-state index contributed by atoms with van der Waals surface area (Å²) in [6, 6.07) is 28.2. The zero-order valence-electron chi connectivity index (χ0n) is 28.9. The number of hydrogen-bond acceptors (Lipinski definition) is 7. The Bertz CT molecular complexity index is 2520. The lowest BCUT2D eigenvalue weighted by Crippen LogP contribution is -2.53. The second-order valence-electron chi connectivity index (χ2n) is 14.5. The van der Waals surface area contributed by atoms with Gasteiger partial charge in [-0.15, -0.1) is 0 Å². The summed E-state index contributed by atoms with van der Waals surface area (Å²) in [5.41, 5.74) is 3.53. The van der Waals surface area contributed by atoms with Gasteiger partial charge in [0.1, 0.15) is 11.6 Å². The molecule has 0 radical (unpaired) electrons. The van der Waals surface area contributed by atoms with Crippen molar-refractivity contribution in [3.05, 3.63) is 148 Å². The summed E-state index contributed by atoms with van der Waals surface area (Å²) in [5, 5.41) is 23.2. The predicted molar refractivity (Wildman–Crippen MR) is 201 cm³/mol. The van der Waals surface area contributed by atoms with Crippen LogP contribution < -0.4 is 10.3 Å². The minimum atomic E-state index is -1.61. The van der Waals surface area contributed by atoms with E-state index in [0.717, 1.165) is 9.91 Å². The maximum absolute atomic E-state index is 15.4. The number of phenolic OH excluding ortho intramolecular Hbond substituents is 1. The molecule has 5 aromatic rings. The lowest BCUT2D eigenvalue weighted by atomic mass is 9.49. The third kappa shape index (κ3) is 5.02. The highest BCUT2D eigenvalue weighted by atomic mass is 35.5. The molecule has 2 aliphatic carbocycles. The second-order valence-corrected chi connectivity index (χ2v) is 14.9. The van der Waals surface area contributed by atoms with Crippen LogP contribution in [0.25, 0.3) is 10.8 Å². The third-order valence-electron chi connectivity index (χ3n) is 11.9. The predicted octanol–water partition coefficient (Wildman–Crippen LogP) is 7.23. The fourth-order valence-corrected chi connectivity index (χ4v) is 9.72. The average molecular weight is 756 g/mol. The number of carboxylic acids is 1. The zero-order chi connectivity index (χ0) is 38.3. The van der Waals surface area contributed by atoms with Gasteiger partial charge in [-0.1, -0.05) is 71.8 Å². The fraction of sp³-hybridized carbons (Fsp3) is 0.186. The quantitative estimate of drug-likeness (QED) is 0.122. The Morgan fingerprint density at radius 1 is 0.818 bits per heavy atom. The van der Waals surface area contributed by atoms with Crippen molar-refractivity contribution < 1.29 is 38.6 Å². The van der Waals surface area contributed by atoms with E-state index < -0.39 is 70.4 Å². The minimum absolute atomic E-state index is 0.0192. The Morgan fingerprint density at radius 3 is 2.27 bits per heavy atom. The van der Waals surface area contributed by atoms with Crippen LogP contribution in [0.4, 0.5) is 15.8 Å². The lowest BCUT2D eigenvalue weighted by Gasteiger charge is -2.51. The maximum Gasteiger partial charge on any atom is 0.335 e. The standard InChI is InChI=1S/C43H31ClFN3O7/c44-24-10-8-23(9-11-24)43-34(39(51)48(42(43)55)46-26-14-12-25(45)13-15-26)21-33-31(37(43)30-18-19-35(49)29-7-2-1-6-28(29)30)16-17-32-36(33)40(52)47(38(32)50)27-5-3-4-22(20-27)41(53)54/h1-16,18-20,32-34,36-37,46,49H,17,21H2,(H,53,54). The van der Waals surface area contributed by atoms with E-state index in [4.69, 9.17) is 11.6 Å². The number of carbonyl (C=O) groups is 5. The number of fused-ring (bicyclic) bond motifs is 5. The topological polar surface area (TPSA) is 144 Å². The summed E-state index contributed by atoms with van der Waals surface area (Å²) in [6.45, 7) is 0. The molecule has 4 amide bonds. The molecule has 6 unspecified atom stereocenters. The number of anilines is 2. The number of benzene rings is 5. The number of hydrogen-bond donors (Lipinski definition) is 3. The number of aromatic hydroxyl groups is 1. The van der Waals surface area contributed by atoms with E-state index in [0.29, 0.717) is 38.2 Å². The SMILES string of the molecule is O=C(O)c1cccc(N2C(=O)C3CC=C4C(CC5C(=O)N(Nc6ccc(F)cc6)C(=O)C5(c5ccc(Cl)cc5)C4c4ccc(O)c5ccccc45)C3C2=O)c1. The number of hydrazine groups is 1. The van der Waals surface area contributed by atoms with Crippen LogP contribution in [0, 0.1) is 29.5 Å². The van der Waals surface area contributed by atoms with Gasteiger partial charge in [0.25, 0.3) is 11.8 Å². The van der Waals surface area contributed by atoms with Gasteiger partial charge in [-0.2, -0.15) is 5.01 Å². The molecule has 9 rings (SSSR count). The number of amides is 4. The van der Waals surface area contributed by atoms with Crippen molar-refractivity contribution in [2.24, 2.45) is 23.7 Å². The number of aromatic carboxylic acids is 1. The van der Waals surface area contributed by atoms with E-state index in [2.05, 4.69) is 5.43 Å². The van der Waals surface area contributed by atoms with Crippen molar-refractivity contribution in [3.8, 4) is 5.75 Å². The summed E-state index contributed by atoms with van der Waals surface area (Å²) in [5.74, 6) is -8.16. The number of allylic oxidation sites excluding steroid dienone is 2. The molecule has 2 heterocycles.